The van der Waals surface area contributed by atoms with Gasteiger partial charge in [0.1, 0.15) is 8.83 Å². The molecule has 2 aromatic carbocycles. The molecule has 0 unspecified atom stereocenters. The van der Waals surface area contributed by atoms with E-state index in [1.807, 2.05) is 0 Å². The van der Waals surface area contributed by atoms with Crippen LogP contribution in [0.3, 0.4) is 0 Å². The molecule has 2 rings (SSSR count). The molecule has 98 valence electrons. The van der Waals surface area contributed by atoms with E-state index in [1.54, 1.807) is 0 Å². The maximum absolute atomic E-state index is 5.95. The van der Waals surface area contributed by atoms with Crippen molar-refractivity contribution >= 4 is 19.9 Å². The van der Waals surface area contributed by atoms with Crippen molar-refractivity contribution in [3.05, 3.63) is 83.4 Å². The molecule has 0 saturated heterocycles. The van der Waals surface area contributed by atoms with E-state index >= 15 is 0 Å². The first-order valence-electron chi connectivity index (χ1n) is 6.70. The third kappa shape index (κ3) is 5.05. The molecule has 0 nitrogen and oxygen atoms in total. The first-order valence-corrected chi connectivity index (χ1v) is 9.84. The Kier molecular flexibility index (Phi) is 5.92. The number of halogens is 1. The summed E-state index contributed by atoms with van der Waals surface area (Å²) in [5, 5.41) is 0. The molecule has 0 aromatic heterocycles. The van der Waals surface area contributed by atoms with Crippen molar-refractivity contribution < 1.29 is 0 Å². The second kappa shape index (κ2) is 7.98. The van der Waals surface area contributed by atoms with Crippen molar-refractivity contribution in [2.75, 3.05) is 0 Å². The maximum Gasteiger partial charge on any atom is 0.129 e. The second-order valence-corrected chi connectivity index (χ2v) is 6.75. The summed E-state index contributed by atoms with van der Waals surface area (Å²) >= 11 is 5.95. The van der Waals surface area contributed by atoms with Crippen LogP contribution >= 0.6 is 11.1 Å². The Morgan fingerprint density at radius 2 is 1.32 bits per heavy atom. The lowest BCUT2D eigenvalue weighted by Gasteiger charge is -2.08. The highest BCUT2D eigenvalue weighted by Crippen LogP contribution is 2.15. The predicted octanol–water partition coefficient (Wildman–Crippen LogP) is 4.14. The average molecular weight is 287 g/mol. The highest BCUT2D eigenvalue weighted by molar-refractivity contribution is 6.93. The van der Waals surface area contributed by atoms with Gasteiger partial charge in [-0.1, -0.05) is 72.3 Å². The van der Waals surface area contributed by atoms with E-state index in [9.17, 15) is 0 Å². The smallest absolute Gasteiger partial charge is 0.129 e. The Hall–Kier alpha value is -1.31. The number of hydrogen-bond donors (Lipinski definition) is 0. The van der Waals surface area contributed by atoms with Gasteiger partial charge in [0.15, 0.2) is 0 Å². The summed E-state index contributed by atoms with van der Waals surface area (Å²) in [6.07, 6.45) is 4.40. The summed E-state index contributed by atoms with van der Waals surface area (Å²) in [7, 11) is -0.411. The average Bonchev–Trinajstić information content (AvgIpc) is 2.47. The van der Waals surface area contributed by atoms with Crippen molar-refractivity contribution in [2.45, 2.75) is 18.9 Å². The van der Waals surface area contributed by atoms with Crippen molar-refractivity contribution in [3.63, 3.8) is 0 Å². The van der Waals surface area contributed by atoms with E-state index in [0.29, 0.717) is 0 Å². The molecule has 2 aromatic rings. The molecular weight excluding hydrogens is 268 g/mol. The fourth-order valence-electron chi connectivity index (χ4n) is 2.18. The van der Waals surface area contributed by atoms with Crippen molar-refractivity contribution in [1.29, 1.82) is 0 Å². The van der Waals surface area contributed by atoms with Crippen LogP contribution in [0, 0.1) is 0 Å². The van der Waals surface area contributed by atoms with Gasteiger partial charge in [-0.2, -0.15) is 11.1 Å². The summed E-state index contributed by atoms with van der Waals surface area (Å²) in [4.78, 5) is 0. The molecule has 0 spiro atoms. The number of benzene rings is 2. The zero-order valence-corrected chi connectivity index (χ0v) is 13.2. The largest absolute Gasteiger partial charge is 0.176 e. The molecule has 0 saturated carbocycles. The van der Waals surface area contributed by atoms with Crippen molar-refractivity contribution in [3.8, 4) is 0 Å². The Bertz CT molecular complexity index is 462. The van der Waals surface area contributed by atoms with Crippen LogP contribution in [0.4, 0.5) is 0 Å². The van der Waals surface area contributed by atoms with E-state index in [4.69, 9.17) is 11.1 Å². The van der Waals surface area contributed by atoms with Crippen LogP contribution in [0.5, 0.6) is 0 Å². The standard InChI is InChI=1S/C17H19ClSi/c18-19-12-11-17(13-15-7-3-1-4-8-15)14-16-9-5-2-6-10-16/h1-11H,12-14,19H2. The highest BCUT2D eigenvalue weighted by atomic mass is 35.6. The molecular formula is C17H19ClSi. The molecule has 0 heterocycles. The zero-order chi connectivity index (χ0) is 13.3. The van der Waals surface area contributed by atoms with Gasteiger partial charge < -0.3 is 0 Å². The van der Waals surface area contributed by atoms with Gasteiger partial charge in [-0.25, -0.2) is 0 Å². The lowest BCUT2D eigenvalue weighted by Crippen LogP contribution is -1.96. The van der Waals surface area contributed by atoms with Gasteiger partial charge in [-0.05, 0) is 30.0 Å². The SMILES string of the molecule is Cl[SiH2]CC=C(Cc1ccccc1)Cc1ccccc1. The third-order valence-electron chi connectivity index (χ3n) is 3.09. The molecule has 0 fully saturated rings. The van der Waals surface area contributed by atoms with Crippen LogP contribution in [0.1, 0.15) is 11.1 Å². The minimum atomic E-state index is -0.411. The first-order chi connectivity index (χ1) is 9.38. The normalized spacial score (nSPS) is 10.8. The van der Waals surface area contributed by atoms with Gasteiger partial charge in [-0.15, -0.1) is 0 Å². The molecule has 0 N–H and O–H groups in total. The van der Waals surface area contributed by atoms with Crippen LogP contribution in [-0.4, -0.2) is 8.83 Å². The highest BCUT2D eigenvalue weighted by Gasteiger charge is 2.01. The molecule has 0 radical (unpaired) electrons. The lowest BCUT2D eigenvalue weighted by atomic mass is 9.98. The summed E-state index contributed by atoms with van der Waals surface area (Å²) in [5.41, 5.74) is 4.23. The summed E-state index contributed by atoms with van der Waals surface area (Å²) in [6, 6.07) is 22.4. The molecule has 0 amide bonds. The number of hydrogen-bond acceptors (Lipinski definition) is 0. The second-order valence-electron chi connectivity index (χ2n) is 4.66. The fourth-order valence-corrected chi connectivity index (χ4v) is 3.03. The topological polar surface area (TPSA) is 0 Å². The Labute approximate surface area is 122 Å². The molecule has 0 atom stereocenters. The minimum absolute atomic E-state index is 0.411. The van der Waals surface area contributed by atoms with Gasteiger partial charge in [-0.3, -0.25) is 0 Å². The van der Waals surface area contributed by atoms with E-state index in [-0.39, 0.29) is 0 Å². The van der Waals surface area contributed by atoms with Gasteiger partial charge in [0.2, 0.25) is 0 Å². The van der Waals surface area contributed by atoms with Gasteiger partial charge in [0.25, 0.3) is 0 Å². The van der Waals surface area contributed by atoms with Crippen LogP contribution in [0.2, 0.25) is 6.04 Å². The van der Waals surface area contributed by atoms with Crippen molar-refractivity contribution in [1.82, 2.24) is 0 Å². The fraction of sp³-hybridized carbons (Fsp3) is 0.176. The Morgan fingerprint density at radius 1 is 0.842 bits per heavy atom. The van der Waals surface area contributed by atoms with E-state index < -0.39 is 8.83 Å². The van der Waals surface area contributed by atoms with E-state index in [2.05, 4.69) is 66.7 Å². The van der Waals surface area contributed by atoms with E-state index in [0.717, 1.165) is 18.9 Å². The molecule has 0 aliphatic carbocycles. The molecule has 0 bridgehead atoms. The van der Waals surface area contributed by atoms with E-state index in [1.165, 1.54) is 16.7 Å². The molecule has 0 aliphatic rings. The van der Waals surface area contributed by atoms with Crippen LogP contribution < -0.4 is 0 Å². The lowest BCUT2D eigenvalue weighted by molar-refractivity contribution is 1.03. The first kappa shape index (κ1) is 14.1. The zero-order valence-electron chi connectivity index (χ0n) is 11.1. The third-order valence-corrected chi connectivity index (χ3v) is 4.25. The van der Waals surface area contributed by atoms with Crippen LogP contribution in [0.15, 0.2) is 72.3 Å². The summed E-state index contributed by atoms with van der Waals surface area (Å²) in [6.45, 7) is 0. The molecule has 2 heteroatoms. The van der Waals surface area contributed by atoms with Crippen molar-refractivity contribution in [2.24, 2.45) is 0 Å². The molecule has 19 heavy (non-hydrogen) atoms. The quantitative estimate of drug-likeness (QED) is 0.425. The Balaban J connectivity index is 2.08. The van der Waals surface area contributed by atoms with Gasteiger partial charge >= 0.3 is 0 Å². The van der Waals surface area contributed by atoms with Crippen LogP contribution in [0.25, 0.3) is 0 Å². The Morgan fingerprint density at radius 3 is 1.74 bits per heavy atom. The summed E-state index contributed by atoms with van der Waals surface area (Å²) in [5.74, 6) is 0. The summed E-state index contributed by atoms with van der Waals surface area (Å²) < 4.78 is 0. The maximum atomic E-state index is 5.95. The monoisotopic (exact) mass is 286 g/mol. The van der Waals surface area contributed by atoms with Crippen LogP contribution in [-0.2, 0) is 12.8 Å². The number of allylic oxidation sites excluding steroid dienone is 2. The van der Waals surface area contributed by atoms with Gasteiger partial charge in [0.05, 0.1) is 0 Å². The predicted molar refractivity (Wildman–Crippen MR) is 87.6 cm³/mol. The number of rotatable bonds is 6. The molecule has 0 aliphatic heterocycles. The van der Waals surface area contributed by atoms with Gasteiger partial charge in [0, 0.05) is 0 Å². The minimum Gasteiger partial charge on any atom is -0.176 e.